The molecule has 2 aromatic rings. The third-order valence-corrected chi connectivity index (χ3v) is 4.18. The number of aromatic amines is 1. The summed E-state index contributed by atoms with van der Waals surface area (Å²) in [6.07, 6.45) is 1.09. The number of anilines is 1. The molecule has 0 spiro atoms. The van der Waals surface area contributed by atoms with E-state index in [2.05, 4.69) is 9.71 Å². The summed E-state index contributed by atoms with van der Waals surface area (Å²) in [4.78, 5) is 12.9. The SMILES string of the molecule is COc1ccc(Cl)cc1NS(=O)(=O)c1c[nH]c(C(=O)O)c1. The van der Waals surface area contributed by atoms with Crippen LogP contribution >= 0.6 is 11.6 Å². The zero-order valence-electron chi connectivity index (χ0n) is 10.8. The van der Waals surface area contributed by atoms with Crippen LogP contribution in [0.3, 0.4) is 0 Å². The van der Waals surface area contributed by atoms with E-state index in [0.29, 0.717) is 5.02 Å². The largest absolute Gasteiger partial charge is 0.495 e. The zero-order valence-corrected chi connectivity index (χ0v) is 12.3. The lowest BCUT2D eigenvalue weighted by atomic mass is 10.3. The number of benzene rings is 1. The molecule has 0 aliphatic carbocycles. The van der Waals surface area contributed by atoms with Crippen LogP contribution in [0.1, 0.15) is 10.5 Å². The number of methoxy groups -OCH3 is 1. The molecule has 0 bridgehead atoms. The number of nitrogens with one attached hydrogen (secondary N) is 2. The molecule has 2 rings (SSSR count). The standard InChI is InChI=1S/C12H11ClN2O5S/c1-20-11-3-2-7(13)4-9(11)15-21(18,19)8-5-10(12(16)17)14-6-8/h2-6,14-15H,1H3,(H,16,17). The Labute approximate surface area is 125 Å². The molecule has 0 atom stereocenters. The van der Waals surface area contributed by atoms with E-state index >= 15 is 0 Å². The predicted octanol–water partition coefficient (Wildman–Crippen LogP) is 2.18. The van der Waals surface area contributed by atoms with Gasteiger partial charge < -0.3 is 14.8 Å². The first kappa shape index (κ1) is 15.2. The lowest BCUT2D eigenvalue weighted by Gasteiger charge is -2.11. The van der Waals surface area contributed by atoms with E-state index in [0.717, 1.165) is 12.3 Å². The molecule has 0 amide bonds. The van der Waals surface area contributed by atoms with Gasteiger partial charge in [-0.05, 0) is 24.3 Å². The summed E-state index contributed by atoms with van der Waals surface area (Å²) in [5.74, 6) is -0.964. The predicted molar refractivity (Wildman–Crippen MR) is 76.6 cm³/mol. The van der Waals surface area contributed by atoms with Gasteiger partial charge >= 0.3 is 5.97 Å². The third kappa shape index (κ3) is 3.29. The summed E-state index contributed by atoms with van der Waals surface area (Å²) >= 11 is 5.82. The first-order chi connectivity index (χ1) is 9.83. The van der Waals surface area contributed by atoms with Gasteiger partial charge in [-0.3, -0.25) is 4.72 Å². The number of carboxylic acids is 1. The minimum Gasteiger partial charge on any atom is -0.495 e. The smallest absolute Gasteiger partial charge is 0.352 e. The molecule has 0 aliphatic rings. The maximum Gasteiger partial charge on any atom is 0.352 e. The van der Waals surface area contributed by atoms with Gasteiger partial charge in [-0.15, -0.1) is 0 Å². The van der Waals surface area contributed by atoms with Crippen LogP contribution in [0.25, 0.3) is 0 Å². The van der Waals surface area contributed by atoms with E-state index in [4.69, 9.17) is 21.4 Å². The number of hydrogen-bond acceptors (Lipinski definition) is 4. The van der Waals surface area contributed by atoms with E-state index in [1.165, 1.54) is 19.2 Å². The number of ether oxygens (including phenoxy) is 1. The fraction of sp³-hybridized carbons (Fsp3) is 0.0833. The van der Waals surface area contributed by atoms with Crippen molar-refractivity contribution in [3.8, 4) is 5.75 Å². The lowest BCUT2D eigenvalue weighted by molar-refractivity contribution is 0.0691. The quantitative estimate of drug-likeness (QED) is 0.778. The molecule has 1 aromatic carbocycles. The molecule has 1 aromatic heterocycles. The number of aromatic nitrogens is 1. The number of hydrogen-bond donors (Lipinski definition) is 3. The molecule has 0 saturated carbocycles. The average molecular weight is 331 g/mol. The van der Waals surface area contributed by atoms with Crippen LogP contribution in [0.15, 0.2) is 35.4 Å². The number of halogens is 1. The first-order valence-corrected chi connectivity index (χ1v) is 7.47. The van der Waals surface area contributed by atoms with Crippen LogP contribution in [-0.4, -0.2) is 31.6 Å². The van der Waals surface area contributed by atoms with Crippen molar-refractivity contribution >= 4 is 33.3 Å². The van der Waals surface area contributed by atoms with E-state index in [-0.39, 0.29) is 22.0 Å². The van der Waals surface area contributed by atoms with Crippen molar-refractivity contribution in [3.05, 3.63) is 41.2 Å². The summed E-state index contributed by atoms with van der Waals surface area (Å²) in [6, 6.07) is 5.47. The lowest BCUT2D eigenvalue weighted by Crippen LogP contribution is -2.13. The van der Waals surface area contributed by atoms with Gasteiger partial charge in [0.15, 0.2) is 0 Å². The average Bonchev–Trinajstić information content (AvgIpc) is 2.89. The van der Waals surface area contributed by atoms with Gasteiger partial charge in [-0.25, -0.2) is 13.2 Å². The Hall–Kier alpha value is -2.19. The minimum atomic E-state index is -3.96. The second-order valence-electron chi connectivity index (χ2n) is 4.00. The highest BCUT2D eigenvalue weighted by Crippen LogP contribution is 2.29. The Balaban J connectivity index is 2.37. The van der Waals surface area contributed by atoms with Crippen molar-refractivity contribution < 1.29 is 23.1 Å². The van der Waals surface area contributed by atoms with Crippen LogP contribution in [0, 0.1) is 0 Å². The number of sulfonamides is 1. The van der Waals surface area contributed by atoms with Gasteiger partial charge in [0.2, 0.25) is 0 Å². The van der Waals surface area contributed by atoms with E-state index in [1.54, 1.807) is 6.07 Å². The molecule has 21 heavy (non-hydrogen) atoms. The van der Waals surface area contributed by atoms with Crippen molar-refractivity contribution in [1.29, 1.82) is 0 Å². The summed E-state index contributed by atoms with van der Waals surface area (Å²) < 4.78 is 31.7. The highest BCUT2D eigenvalue weighted by Gasteiger charge is 2.20. The van der Waals surface area contributed by atoms with Crippen LogP contribution in [-0.2, 0) is 10.0 Å². The number of aromatic carboxylic acids is 1. The topological polar surface area (TPSA) is 108 Å². The molecule has 1 heterocycles. The van der Waals surface area contributed by atoms with E-state index in [9.17, 15) is 13.2 Å². The summed E-state index contributed by atoms with van der Waals surface area (Å²) in [5, 5.41) is 9.12. The Kier molecular flexibility index (Phi) is 4.10. The van der Waals surface area contributed by atoms with Crippen molar-refractivity contribution in [2.24, 2.45) is 0 Å². The minimum absolute atomic E-state index is 0.156. The number of carboxylic acid groups (broad SMARTS) is 1. The van der Waals surface area contributed by atoms with Crippen LogP contribution in [0.2, 0.25) is 5.02 Å². The molecule has 0 saturated heterocycles. The monoisotopic (exact) mass is 330 g/mol. The molecule has 0 aliphatic heterocycles. The second-order valence-corrected chi connectivity index (χ2v) is 6.12. The highest BCUT2D eigenvalue weighted by molar-refractivity contribution is 7.92. The molecular formula is C12H11ClN2O5S. The molecule has 0 fully saturated rings. The van der Waals surface area contributed by atoms with E-state index < -0.39 is 16.0 Å². The molecular weight excluding hydrogens is 320 g/mol. The van der Waals surface area contributed by atoms with Crippen LogP contribution in [0.4, 0.5) is 5.69 Å². The highest BCUT2D eigenvalue weighted by atomic mass is 35.5. The summed E-state index contributed by atoms with van der Waals surface area (Å²) in [6.45, 7) is 0. The second kappa shape index (κ2) is 5.66. The zero-order chi connectivity index (χ0) is 15.6. The van der Waals surface area contributed by atoms with Gasteiger partial charge in [-0.1, -0.05) is 11.6 Å². The van der Waals surface area contributed by atoms with Crippen molar-refractivity contribution in [3.63, 3.8) is 0 Å². The summed E-state index contributed by atoms with van der Waals surface area (Å²) in [5.41, 5.74) is -0.0727. The van der Waals surface area contributed by atoms with Crippen LogP contribution in [0.5, 0.6) is 5.75 Å². The van der Waals surface area contributed by atoms with Crippen molar-refractivity contribution in [2.75, 3.05) is 11.8 Å². The fourth-order valence-electron chi connectivity index (χ4n) is 1.62. The number of rotatable bonds is 5. The Bertz CT molecular complexity index is 785. The molecule has 0 unspecified atom stereocenters. The fourth-order valence-corrected chi connectivity index (χ4v) is 2.84. The number of carbonyl (C=O) groups is 1. The van der Waals surface area contributed by atoms with Gasteiger partial charge in [-0.2, -0.15) is 0 Å². The molecule has 112 valence electrons. The third-order valence-electron chi connectivity index (χ3n) is 2.60. The normalized spacial score (nSPS) is 11.1. The van der Waals surface area contributed by atoms with Crippen LogP contribution < -0.4 is 9.46 Å². The van der Waals surface area contributed by atoms with E-state index in [1.807, 2.05) is 0 Å². The first-order valence-electron chi connectivity index (χ1n) is 5.61. The van der Waals surface area contributed by atoms with Crippen molar-refractivity contribution in [1.82, 2.24) is 4.98 Å². The summed E-state index contributed by atoms with van der Waals surface area (Å²) in [7, 11) is -2.57. The Morgan fingerprint density at radius 3 is 2.67 bits per heavy atom. The van der Waals surface area contributed by atoms with Gasteiger partial charge in [0.25, 0.3) is 10.0 Å². The van der Waals surface area contributed by atoms with Crippen molar-refractivity contribution in [2.45, 2.75) is 4.90 Å². The maximum atomic E-state index is 12.2. The maximum absolute atomic E-state index is 12.2. The van der Waals surface area contributed by atoms with Gasteiger partial charge in [0.1, 0.15) is 16.3 Å². The Morgan fingerprint density at radius 2 is 2.10 bits per heavy atom. The number of H-pyrrole nitrogens is 1. The molecule has 9 heteroatoms. The van der Waals surface area contributed by atoms with Gasteiger partial charge in [0.05, 0.1) is 12.8 Å². The molecule has 3 N–H and O–H groups in total. The Morgan fingerprint density at radius 1 is 1.38 bits per heavy atom. The molecule has 0 radical (unpaired) electrons. The van der Waals surface area contributed by atoms with Gasteiger partial charge in [0, 0.05) is 11.2 Å². The molecule has 7 nitrogen and oxygen atoms in total.